The quantitative estimate of drug-likeness (QED) is 0.510. The zero-order chi connectivity index (χ0) is 14.0. The average Bonchev–Trinajstić information content (AvgIpc) is 2.36. The first-order valence-corrected chi connectivity index (χ1v) is 8.23. The summed E-state index contributed by atoms with van der Waals surface area (Å²) >= 11 is 14.9. The summed E-state index contributed by atoms with van der Waals surface area (Å²) in [5.41, 5.74) is 1.24. The first-order chi connectivity index (χ1) is 8.97. The molecule has 98 valence electrons. The van der Waals surface area contributed by atoms with Crippen molar-refractivity contribution in [1.82, 2.24) is 0 Å². The lowest BCUT2D eigenvalue weighted by molar-refractivity contribution is 0.102. The third kappa shape index (κ3) is 3.93. The number of carbonyl (C=O) groups excluding carboxylic acids is 1. The molecule has 0 aliphatic rings. The molecule has 0 unspecified atom stereocenters. The maximum atomic E-state index is 12.1. The first kappa shape index (κ1) is 15.3. The van der Waals surface area contributed by atoms with Gasteiger partial charge in [-0.3, -0.25) is 4.79 Å². The maximum Gasteiger partial charge on any atom is 0.255 e. The monoisotopic (exact) mass is 513 g/mol. The van der Waals surface area contributed by atoms with E-state index in [2.05, 4.69) is 59.8 Å². The summed E-state index contributed by atoms with van der Waals surface area (Å²) < 4.78 is 2.67. The summed E-state index contributed by atoms with van der Waals surface area (Å²) in [6.07, 6.45) is 0. The van der Waals surface area contributed by atoms with Crippen LogP contribution in [-0.4, -0.2) is 5.91 Å². The lowest BCUT2D eigenvalue weighted by atomic mass is 10.2. The Balaban J connectivity index is 2.23. The van der Waals surface area contributed by atoms with Crippen molar-refractivity contribution < 1.29 is 4.79 Å². The second kappa shape index (κ2) is 6.56. The number of rotatable bonds is 2. The number of amides is 1. The van der Waals surface area contributed by atoms with Gasteiger partial charge in [0.1, 0.15) is 0 Å². The molecule has 2 rings (SSSR count). The molecule has 0 spiro atoms. The summed E-state index contributed by atoms with van der Waals surface area (Å²) in [5, 5.41) is 3.40. The summed E-state index contributed by atoms with van der Waals surface area (Å²) in [5.74, 6) is -0.193. The molecule has 19 heavy (non-hydrogen) atoms. The van der Waals surface area contributed by atoms with E-state index in [0.29, 0.717) is 16.3 Å². The van der Waals surface area contributed by atoms with Gasteiger partial charge in [0.05, 0.1) is 10.7 Å². The molecule has 0 bridgehead atoms. The topological polar surface area (TPSA) is 29.1 Å². The number of hydrogen-bond acceptors (Lipinski definition) is 1. The molecule has 0 saturated carbocycles. The van der Waals surface area contributed by atoms with Crippen LogP contribution in [0.2, 0.25) is 5.02 Å². The van der Waals surface area contributed by atoms with Crippen molar-refractivity contribution in [2.75, 3.05) is 5.32 Å². The Morgan fingerprint density at radius 1 is 1.16 bits per heavy atom. The van der Waals surface area contributed by atoms with Crippen LogP contribution in [-0.2, 0) is 0 Å². The highest BCUT2D eigenvalue weighted by Crippen LogP contribution is 2.27. The smallest absolute Gasteiger partial charge is 0.255 e. The van der Waals surface area contributed by atoms with E-state index >= 15 is 0 Å². The van der Waals surface area contributed by atoms with Crippen LogP contribution in [0.25, 0.3) is 0 Å². The zero-order valence-electron chi connectivity index (χ0n) is 9.38. The predicted octanol–water partition coefficient (Wildman–Crippen LogP) is 5.72. The van der Waals surface area contributed by atoms with Crippen LogP contribution in [0, 0.1) is 3.57 Å². The van der Waals surface area contributed by atoms with Crippen molar-refractivity contribution in [3.63, 3.8) is 0 Å². The lowest BCUT2D eigenvalue weighted by Gasteiger charge is -2.08. The number of hydrogen-bond donors (Lipinski definition) is 1. The van der Waals surface area contributed by atoms with Gasteiger partial charge in [-0.15, -0.1) is 0 Å². The van der Waals surface area contributed by atoms with Gasteiger partial charge in [-0.2, -0.15) is 0 Å². The van der Waals surface area contributed by atoms with Crippen LogP contribution < -0.4 is 5.32 Å². The molecule has 0 atom stereocenters. The third-order valence-corrected chi connectivity index (χ3v) is 5.08. The normalized spacial score (nSPS) is 10.3. The molecule has 1 amide bonds. The number of nitrogens with one attached hydrogen (secondary N) is 1. The van der Waals surface area contributed by atoms with E-state index in [0.717, 1.165) is 12.5 Å². The fraction of sp³-hybridized carbons (Fsp3) is 0. The van der Waals surface area contributed by atoms with Gasteiger partial charge in [-0.1, -0.05) is 27.5 Å². The summed E-state index contributed by atoms with van der Waals surface area (Å²) in [4.78, 5) is 12.1. The lowest BCUT2D eigenvalue weighted by Crippen LogP contribution is -2.12. The fourth-order valence-corrected chi connectivity index (χ4v) is 3.08. The predicted molar refractivity (Wildman–Crippen MR) is 94.0 cm³/mol. The Labute approximate surface area is 146 Å². The van der Waals surface area contributed by atoms with Gasteiger partial charge in [0.15, 0.2) is 0 Å². The van der Waals surface area contributed by atoms with Crippen molar-refractivity contribution in [3.8, 4) is 0 Å². The van der Waals surface area contributed by atoms with Gasteiger partial charge in [-0.05, 0) is 74.9 Å². The van der Waals surface area contributed by atoms with Gasteiger partial charge < -0.3 is 5.32 Å². The fourth-order valence-electron chi connectivity index (χ4n) is 1.42. The van der Waals surface area contributed by atoms with Crippen molar-refractivity contribution in [2.45, 2.75) is 0 Å². The largest absolute Gasteiger partial charge is 0.321 e. The van der Waals surface area contributed by atoms with Gasteiger partial charge in [0, 0.05) is 18.1 Å². The minimum Gasteiger partial charge on any atom is -0.321 e. The summed E-state index contributed by atoms with van der Waals surface area (Å²) in [6, 6.07) is 10.8. The molecule has 0 aliphatic heterocycles. The van der Waals surface area contributed by atoms with E-state index in [9.17, 15) is 4.79 Å². The molecule has 0 aliphatic carbocycles. The van der Waals surface area contributed by atoms with Crippen LogP contribution in [0.4, 0.5) is 5.69 Å². The second-order valence-electron chi connectivity index (χ2n) is 3.71. The molecular weight excluding hydrogens is 508 g/mol. The second-order valence-corrected chi connectivity index (χ2v) is 7.05. The van der Waals surface area contributed by atoms with Gasteiger partial charge in [0.2, 0.25) is 0 Å². The molecule has 0 aromatic heterocycles. The molecule has 6 heteroatoms. The van der Waals surface area contributed by atoms with Crippen molar-refractivity contribution in [1.29, 1.82) is 0 Å². The molecule has 0 fully saturated rings. The van der Waals surface area contributed by atoms with Crippen LogP contribution >= 0.6 is 66.1 Å². The van der Waals surface area contributed by atoms with E-state index in [1.165, 1.54) is 0 Å². The van der Waals surface area contributed by atoms with E-state index < -0.39 is 0 Å². The molecule has 0 saturated heterocycles. The first-order valence-electron chi connectivity index (χ1n) is 5.19. The highest BCUT2D eigenvalue weighted by molar-refractivity contribution is 14.1. The molecule has 1 N–H and O–H groups in total. The highest BCUT2D eigenvalue weighted by atomic mass is 127. The Kier molecular flexibility index (Phi) is 5.28. The van der Waals surface area contributed by atoms with E-state index in [1.54, 1.807) is 12.1 Å². The van der Waals surface area contributed by atoms with Crippen LogP contribution in [0.3, 0.4) is 0 Å². The maximum absolute atomic E-state index is 12.1. The SMILES string of the molecule is O=C(Nc1ccc(Br)cc1Br)c1ccc(I)c(Cl)c1. The van der Waals surface area contributed by atoms with Crippen molar-refractivity contribution >= 4 is 77.6 Å². The summed E-state index contributed by atoms with van der Waals surface area (Å²) in [7, 11) is 0. The van der Waals surface area contributed by atoms with E-state index in [1.807, 2.05) is 24.3 Å². The van der Waals surface area contributed by atoms with Crippen LogP contribution in [0.5, 0.6) is 0 Å². The van der Waals surface area contributed by atoms with Crippen LogP contribution in [0.15, 0.2) is 45.3 Å². The molecule has 2 nitrogen and oxygen atoms in total. The molecule has 2 aromatic rings. The Hall–Kier alpha value is -0.110. The number of carbonyl (C=O) groups is 1. The molecule has 0 radical (unpaired) electrons. The third-order valence-electron chi connectivity index (χ3n) is 2.36. The van der Waals surface area contributed by atoms with Crippen LogP contribution in [0.1, 0.15) is 10.4 Å². The zero-order valence-corrected chi connectivity index (χ0v) is 15.5. The molecule has 2 aromatic carbocycles. The number of benzene rings is 2. The highest BCUT2D eigenvalue weighted by Gasteiger charge is 2.10. The van der Waals surface area contributed by atoms with Gasteiger partial charge >= 0.3 is 0 Å². The van der Waals surface area contributed by atoms with Crippen molar-refractivity contribution in [2.24, 2.45) is 0 Å². The van der Waals surface area contributed by atoms with Crippen molar-refractivity contribution in [3.05, 3.63) is 59.5 Å². The Morgan fingerprint density at radius 2 is 1.89 bits per heavy atom. The average molecular weight is 515 g/mol. The number of halogens is 4. The molecular formula is C13H7Br2ClINO. The van der Waals surface area contributed by atoms with E-state index in [-0.39, 0.29) is 5.91 Å². The Bertz CT molecular complexity index is 649. The summed E-state index contributed by atoms with van der Waals surface area (Å²) in [6.45, 7) is 0. The standard InChI is InChI=1S/C13H7Br2ClINO/c14-8-2-4-12(9(15)6-8)18-13(19)7-1-3-11(17)10(16)5-7/h1-6H,(H,18,19). The number of anilines is 1. The van der Waals surface area contributed by atoms with Gasteiger partial charge in [0.25, 0.3) is 5.91 Å². The van der Waals surface area contributed by atoms with E-state index in [4.69, 9.17) is 11.6 Å². The van der Waals surface area contributed by atoms with Gasteiger partial charge in [-0.25, -0.2) is 0 Å². The Morgan fingerprint density at radius 3 is 2.53 bits per heavy atom. The molecule has 0 heterocycles. The minimum atomic E-state index is -0.193. The minimum absolute atomic E-state index is 0.193.